The third kappa shape index (κ3) is 2.20. The molecule has 0 saturated heterocycles. The van der Waals surface area contributed by atoms with Gasteiger partial charge >= 0.3 is 5.97 Å². The van der Waals surface area contributed by atoms with Crippen LogP contribution in [0.3, 0.4) is 0 Å². The molecule has 2 aromatic carbocycles. The standard InChI is InChI=1S/C13H11NO3/c14-12-5-4-9(7-11(12)13(16)17)8-2-1-3-10(15)6-8/h1-7,15H,14H2,(H,16,17). The summed E-state index contributed by atoms with van der Waals surface area (Å²) < 4.78 is 0. The molecule has 0 aliphatic carbocycles. The molecule has 0 saturated carbocycles. The summed E-state index contributed by atoms with van der Waals surface area (Å²) in [5.41, 5.74) is 7.30. The van der Waals surface area contributed by atoms with Gasteiger partial charge in [0, 0.05) is 5.69 Å². The molecular weight excluding hydrogens is 218 g/mol. The van der Waals surface area contributed by atoms with Crippen molar-refractivity contribution in [3.63, 3.8) is 0 Å². The molecule has 0 heterocycles. The van der Waals surface area contributed by atoms with Crippen LogP contribution < -0.4 is 5.73 Å². The Morgan fingerprint density at radius 3 is 2.41 bits per heavy atom. The smallest absolute Gasteiger partial charge is 0.337 e. The Balaban J connectivity index is 2.54. The fourth-order valence-electron chi connectivity index (χ4n) is 1.61. The first-order chi connectivity index (χ1) is 8.08. The molecular formula is C13H11NO3. The normalized spacial score (nSPS) is 10.1. The minimum Gasteiger partial charge on any atom is -0.508 e. The van der Waals surface area contributed by atoms with Gasteiger partial charge in [-0.2, -0.15) is 0 Å². The van der Waals surface area contributed by atoms with Crippen molar-refractivity contribution in [3.05, 3.63) is 48.0 Å². The maximum absolute atomic E-state index is 10.9. The van der Waals surface area contributed by atoms with Crippen molar-refractivity contribution < 1.29 is 15.0 Å². The number of benzene rings is 2. The van der Waals surface area contributed by atoms with E-state index in [0.29, 0.717) is 5.56 Å². The number of phenolic OH excluding ortho intramolecular Hbond substituents is 1. The molecule has 17 heavy (non-hydrogen) atoms. The van der Waals surface area contributed by atoms with Crippen LogP contribution in [0.25, 0.3) is 11.1 Å². The molecule has 0 aromatic heterocycles. The maximum atomic E-state index is 10.9. The highest BCUT2D eigenvalue weighted by atomic mass is 16.4. The molecule has 0 aliphatic rings. The molecule has 4 nitrogen and oxygen atoms in total. The number of aromatic hydroxyl groups is 1. The third-order valence-corrected chi connectivity index (χ3v) is 2.46. The van der Waals surface area contributed by atoms with E-state index in [9.17, 15) is 9.90 Å². The topological polar surface area (TPSA) is 83.5 Å². The van der Waals surface area contributed by atoms with Gasteiger partial charge in [0.1, 0.15) is 5.75 Å². The number of nitrogen functional groups attached to an aromatic ring is 1. The summed E-state index contributed by atoms with van der Waals surface area (Å²) in [5, 5.41) is 18.3. The lowest BCUT2D eigenvalue weighted by atomic mass is 10.0. The molecule has 2 rings (SSSR count). The molecule has 0 atom stereocenters. The summed E-state index contributed by atoms with van der Waals surface area (Å²) in [6.07, 6.45) is 0. The molecule has 0 spiro atoms. The van der Waals surface area contributed by atoms with Crippen LogP contribution in [0.4, 0.5) is 5.69 Å². The number of carboxylic acids is 1. The van der Waals surface area contributed by atoms with Gasteiger partial charge in [-0.1, -0.05) is 18.2 Å². The van der Waals surface area contributed by atoms with E-state index in [2.05, 4.69) is 0 Å². The number of carboxylic acid groups (broad SMARTS) is 1. The number of anilines is 1. The van der Waals surface area contributed by atoms with Crippen molar-refractivity contribution in [1.29, 1.82) is 0 Å². The molecule has 0 fully saturated rings. The van der Waals surface area contributed by atoms with Crippen molar-refractivity contribution in [2.75, 3.05) is 5.73 Å². The lowest BCUT2D eigenvalue weighted by Crippen LogP contribution is -2.02. The van der Waals surface area contributed by atoms with Crippen LogP contribution in [-0.2, 0) is 0 Å². The van der Waals surface area contributed by atoms with Gasteiger partial charge in [0.05, 0.1) is 5.56 Å². The van der Waals surface area contributed by atoms with Crippen molar-refractivity contribution in [3.8, 4) is 16.9 Å². The van der Waals surface area contributed by atoms with Crippen LogP contribution in [-0.4, -0.2) is 16.2 Å². The molecule has 0 radical (unpaired) electrons. The van der Waals surface area contributed by atoms with Crippen molar-refractivity contribution >= 4 is 11.7 Å². The summed E-state index contributed by atoms with van der Waals surface area (Å²) >= 11 is 0. The highest BCUT2D eigenvalue weighted by Gasteiger charge is 2.09. The lowest BCUT2D eigenvalue weighted by Gasteiger charge is -2.06. The number of nitrogens with two attached hydrogens (primary N) is 1. The number of phenols is 1. The minimum atomic E-state index is -1.07. The summed E-state index contributed by atoms with van der Waals surface area (Å²) in [6, 6.07) is 11.4. The highest BCUT2D eigenvalue weighted by molar-refractivity contribution is 5.95. The van der Waals surface area contributed by atoms with Gasteiger partial charge in [0.15, 0.2) is 0 Å². The first-order valence-electron chi connectivity index (χ1n) is 5.00. The van der Waals surface area contributed by atoms with Crippen LogP contribution >= 0.6 is 0 Å². The van der Waals surface area contributed by atoms with Crippen molar-refractivity contribution in [2.24, 2.45) is 0 Å². The largest absolute Gasteiger partial charge is 0.508 e. The summed E-state index contributed by atoms with van der Waals surface area (Å²) in [5.74, 6) is -0.930. The van der Waals surface area contributed by atoms with E-state index >= 15 is 0 Å². The van der Waals surface area contributed by atoms with Gasteiger partial charge in [-0.3, -0.25) is 0 Å². The van der Waals surface area contributed by atoms with Crippen LogP contribution in [0.2, 0.25) is 0 Å². The lowest BCUT2D eigenvalue weighted by molar-refractivity contribution is 0.0698. The van der Waals surface area contributed by atoms with Gasteiger partial charge in [0.25, 0.3) is 0 Å². The maximum Gasteiger partial charge on any atom is 0.337 e. The van der Waals surface area contributed by atoms with Crippen LogP contribution in [0.15, 0.2) is 42.5 Å². The van der Waals surface area contributed by atoms with Gasteiger partial charge < -0.3 is 15.9 Å². The molecule has 2 aromatic rings. The Hall–Kier alpha value is -2.49. The molecule has 4 heteroatoms. The summed E-state index contributed by atoms with van der Waals surface area (Å²) in [4.78, 5) is 10.9. The molecule has 0 bridgehead atoms. The van der Waals surface area contributed by atoms with Gasteiger partial charge in [-0.25, -0.2) is 4.79 Å². The predicted octanol–water partition coefficient (Wildman–Crippen LogP) is 2.34. The first-order valence-corrected chi connectivity index (χ1v) is 5.00. The summed E-state index contributed by atoms with van der Waals surface area (Å²) in [7, 11) is 0. The Bertz CT molecular complexity index is 579. The Morgan fingerprint density at radius 2 is 1.76 bits per heavy atom. The SMILES string of the molecule is Nc1ccc(-c2cccc(O)c2)cc1C(=O)O. The van der Waals surface area contributed by atoms with E-state index < -0.39 is 5.97 Å². The Kier molecular flexibility index (Phi) is 2.70. The van der Waals surface area contributed by atoms with E-state index in [-0.39, 0.29) is 17.0 Å². The fourth-order valence-corrected chi connectivity index (χ4v) is 1.61. The quantitative estimate of drug-likeness (QED) is 0.690. The molecule has 0 aliphatic heterocycles. The summed E-state index contributed by atoms with van der Waals surface area (Å²) in [6.45, 7) is 0. The first kappa shape index (κ1) is 11.0. The van der Waals surface area contributed by atoms with Crippen LogP contribution in [0, 0.1) is 0 Å². The number of rotatable bonds is 2. The molecule has 86 valence electrons. The fraction of sp³-hybridized carbons (Fsp3) is 0. The van der Waals surface area contributed by atoms with Gasteiger partial charge in [0.2, 0.25) is 0 Å². The number of hydrogen-bond acceptors (Lipinski definition) is 3. The number of aromatic carboxylic acids is 1. The number of carbonyl (C=O) groups is 1. The van der Waals surface area contributed by atoms with Gasteiger partial charge in [-0.15, -0.1) is 0 Å². The van der Waals surface area contributed by atoms with E-state index in [1.165, 1.54) is 6.07 Å². The predicted molar refractivity (Wildman–Crippen MR) is 64.9 cm³/mol. The Labute approximate surface area is 97.9 Å². The minimum absolute atomic E-state index is 0.0610. The molecule has 0 amide bonds. The Morgan fingerprint density at radius 1 is 1.06 bits per heavy atom. The highest BCUT2D eigenvalue weighted by Crippen LogP contribution is 2.26. The van der Waals surface area contributed by atoms with Gasteiger partial charge in [-0.05, 0) is 35.4 Å². The zero-order valence-electron chi connectivity index (χ0n) is 8.92. The molecule has 0 unspecified atom stereocenters. The zero-order chi connectivity index (χ0) is 12.4. The van der Waals surface area contributed by atoms with Crippen molar-refractivity contribution in [1.82, 2.24) is 0 Å². The monoisotopic (exact) mass is 229 g/mol. The average Bonchev–Trinajstić information content (AvgIpc) is 2.29. The van der Waals surface area contributed by atoms with Crippen LogP contribution in [0.1, 0.15) is 10.4 Å². The second-order valence-corrected chi connectivity index (χ2v) is 3.66. The average molecular weight is 229 g/mol. The third-order valence-electron chi connectivity index (χ3n) is 2.46. The van der Waals surface area contributed by atoms with E-state index in [1.807, 2.05) is 0 Å². The van der Waals surface area contributed by atoms with E-state index in [4.69, 9.17) is 10.8 Å². The second kappa shape index (κ2) is 4.17. The van der Waals surface area contributed by atoms with E-state index in [0.717, 1.165) is 5.56 Å². The van der Waals surface area contributed by atoms with E-state index in [1.54, 1.807) is 36.4 Å². The van der Waals surface area contributed by atoms with Crippen LogP contribution in [0.5, 0.6) is 5.75 Å². The molecule has 4 N–H and O–H groups in total. The number of hydrogen-bond donors (Lipinski definition) is 3. The van der Waals surface area contributed by atoms with Crippen molar-refractivity contribution in [2.45, 2.75) is 0 Å². The zero-order valence-corrected chi connectivity index (χ0v) is 8.92. The second-order valence-electron chi connectivity index (χ2n) is 3.66.